The van der Waals surface area contributed by atoms with Gasteiger partial charge >= 0.3 is 5.69 Å². The number of rotatable bonds is 18. The van der Waals surface area contributed by atoms with Gasteiger partial charge in [-0.05, 0) is 6.42 Å². The van der Waals surface area contributed by atoms with Crippen LogP contribution in [0.15, 0.2) is 9.59 Å². The van der Waals surface area contributed by atoms with Crippen molar-refractivity contribution in [1.29, 1.82) is 0 Å². The Bertz CT molecular complexity index is 639. The average molecular weight is 395 g/mol. The van der Waals surface area contributed by atoms with Gasteiger partial charge in [0.1, 0.15) is 11.5 Å². The molecule has 0 bridgehead atoms. The molecule has 7 nitrogen and oxygen atoms in total. The fraction of sp³-hybridized carbons (Fsp3) is 0.762. The van der Waals surface area contributed by atoms with Crippen molar-refractivity contribution in [3.63, 3.8) is 0 Å². The van der Waals surface area contributed by atoms with Crippen molar-refractivity contribution in [2.45, 2.75) is 96.8 Å². The molecule has 4 N–H and O–H groups in total. The van der Waals surface area contributed by atoms with Crippen LogP contribution in [0.5, 0.6) is 0 Å². The molecule has 1 amide bonds. The number of unbranched alkanes of at least 4 members (excludes halogenated alkanes) is 13. The largest absolute Gasteiger partial charge is 0.370 e. The third-order valence-electron chi connectivity index (χ3n) is 4.98. The summed E-state index contributed by atoms with van der Waals surface area (Å²) in [6.07, 6.45) is 18.6. The van der Waals surface area contributed by atoms with E-state index in [2.05, 4.69) is 27.5 Å². The van der Waals surface area contributed by atoms with Gasteiger partial charge in [-0.3, -0.25) is 19.6 Å². The van der Waals surface area contributed by atoms with Gasteiger partial charge in [-0.2, -0.15) is 0 Å². The number of hydrogen-bond acceptors (Lipinski definition) is 4. The number of H-pyrrole nitrogens is 2. The van der Waals surface area contributed by atoms with E-state index in [0.29, 0.717) is 13.0 Å². The maximum atomic E-state index is 11.7. The van der Waals surface area contributed by atoms with E-state index in [4.69, 9.17) is 0 Å². The third kappa shape index (κ3) is 10.9. The van der Waals surface area contributed by atoms with Crippen molar-refractivity contribution in [2.75, 3.05) is 17.2 Å². The Morgan fingerprint density at radius 1 is 0.750 bits per heavy atom. The number of aromatic nitrogens is 2. The first-order valence-corrected chi connectivity index (χ1v) is 11.0. The summed E-state index contributed by atoms with van der Waals surface area (Å²) in [5.41, 5.74) is -1.16. The van der Waals surface area contributed by atoms with Gasteiger partial charge in [0.15, 0.2) is 0 Å². The minimum absolute atomic E-state index is 0.0416. The first-order valence-electron chi connectivity index (χ1n) is 11.0. The van der Waals surface area contributed by atoms with Crippen LogP contribution in [-0.4, -0.2) is 22.9 Å². The maximum Gasteiger partial charge on any atom is 0.327 e. The van der Waals surface area contributed by atoms with E-state index >= 15 is 0 Å². The van der Waals surface area contributed by atoms with Crippen molar-refractivity contribution in [3.8, 4) is 0 Å². The van der Waals surface area contributed by atoms with Gasteiger partial charge in [-0.25, -0.2) is 4.79 Å². The van der Waals surface area contributed by atoms with E-state index in [-0.39, 0.29) is 11.5 Å². The topological polar surface area (TPSA) is 107 Å². The second-order valence-electron chi connectivity index (χ2n) is 7.44. The van der Waals surface area contributed by atoms with Crippen molar-refractivity contribution >= 4 is 17.9 Å². The van der Waals surface area contributed by atoms with Gasteiger partial charge < -0.3 is 10.6 Å². The number of carbonyl (C=O) groups is 1. The maximum absolute atomic E-state index is 11.7. The molecule has 1 rings (SSSR count). The Labute approximate surface area is 168 Å². The normalized spacial score (nSPS) is 10.8. The fourth-order valence-corrected chi connectivity index (χ4v) is 3.35. The third-order valence-corrected chi connectivity index (χ3v) is 4.98. The van der Waals surface area contributed by atoms with Gasteiger partial charge in [-0.15, -0.1) is 0 Å². The zero-order valence-electron chi connectivity index (χ0n) is 17.4. The molecule has 0 aliphatic rings. The molecule has 0 unspecified atom stereocenters. The molecule has 0 radical (unpaired) electrons. The molecule has 0 aromatic carbocycles. The molecule has 0 atom stereocenters. The van der Waals surface area contributed by atoms with Crippen LogP contribution in [0.1, 0.15) is 96.8 Å². The lowest BCUT2D eigenvalue weighted by Gasteiger charge is -2.09. The SMILES string of the molecule is CCCCCCCCCCCCCCCCNc1[nH]c(=O)[nH]c(=O)c1NC=O. The molecule has 0 aliphatic heterocycles. The van der Waals surface area contributed by atoms with E-state index in [1.54, 1.807) is 0 Å². The molecular formula is C21H38N4O3. The molecule has 0 saturated carbocycles. The minimum atomic E-state index is -0.612. The highest BCUT2D eigenvalue weighted by Gasteiger charge is 2.07. The first-order chi connectivity index (χ1) is 13.7. The predicted octanol–water partition coefficient (Wildman–Crippen LogP) is 4.52. The summed E-state index contributed by atoms with van der Waals surface area (Å²) in [7, 11) is 0. The Balaban J connectivity index is 2.01. The summed E-state index contributed by atoms with van der Waals surface area (Å²) in [5.74, 6) is 0.260. The van der Waals surface area contributed by atoms with E-state index in [1.165, 1.54) is 77.0 Å². The lowest BCUT2D eigenvalue weighted by molar-refractivity contribution is -0.105. The van der Waals surface area contributed by atoms with Crippen LogP contribution in [0.4, 0.5) is 11.5 Å². The second kappa shape index (κ2) is 16.0. The summed E-state index contributed by atoms with van der Waals surface area (Å²) in [4.78, 5) is 38.2. The van der Waals surface area contributed by atoms with Gasteiger partial charge in [0.05, 0.1) is 0 Å². The highest BCUT2D eigenvalue weighted by Crippen LogP contribution is 2.14. The number of anilines is 2. The summed E-state index contributed by atoms with van der Waals surface area (Å²) < 4.78 is 0. The van der Waals surface area contributed by atoms with Crippen molar-refractivity contribution in [3.05, 3.63) is 20.8 Å². The van der Waals surface area contributed by atoms with E-state index in [0.717, 1.165) is 12.8 Å². The Morgan fingerprint density at radius 2 is 1.25 bits per heavy atom. The first kappa shape index (κ1) is 24.0. The molecule has 1 aromatic rings. The summed E-state index contributed by atoms with van der Waals surface area (Å²) in [6, 6.07) is 0. The van der Waals surface area contributed by atoms with Gasteiger partial charge in [0.25, 0.3) is 5.56 Å². The van der Waals surface area contributed by atoms with Crippen LogP contribution in [-0.2, 0) is 4.79 Å². The van der Waals surface area contributed by atoms with Crippen LogP contribution in [0.25, 0.3) is 0 Å². The summed E-state index contributed by atoms with van der Waals surface area (Å²) in [5, 5.41) is 5.34. The quantitative estimate of drug-likeness (QED) is 0.217. The van der Waals surface area contributed by atoms with E-state index in [1.807, 2.05) is 0 Å². The molecule has 1 aromatic heterocycles. The number of nitrogens with one attached hydrogen (secondary N) is 4. The fourth-order valence-electron chi connectivity index (χ4n) is 3.35. The molecule has 0 fully saturated rings. The number of amides is 1. The molecule has 0 aliphatic carbocycles. The summed E-state index contributed by atoms with van der Waals surface area (Å²) in [6.45, 7) is 2.90. The lowest BCUT2D eigenvalue weighted by atomic mass is 10.0. The highest BCUT2D eigenvalue weighted by molar-refractivity contribution is 5.77. The molecule has 0 spiro atoms. The second-order valence-corrected chi connectivity index (χ2v) is 7.44. The monoisotopic (exact) mass is 394 g/mol. The molecule has 1 heterocycles. The Kier molecular flexibility index (Phi) is 13.7. The summed E-state index contributed by atoms with van der Waals surface area (Å²) >= 11 is 0. The van der Waals surface area contributed by atoms with E-state index < -0.39 is 11.2 Å². The van der Waals surface area contributed by atoms with E-state index in [9.17, 15) is 14.4 Å². The number of aromatic amines is 2. The Hall–Kier alpha value is -2.05. The molecule has 160 valence electrons. The highest BCUT2D eigenvalue weighted by atomic mass is 16.2. The zero-order valence-corrected chi connectivity index (χ0v) is 17.4. The van der Waals surface area contributed by atoms with Gasteiger partial charge in [0.2, 0.25) is 6.41 Å². The van der Waals surface area contributed by atoms with Crippen LogP contribution < -0.4 is 21.9 Å². The van der Waals surface area contributed by atoms with Crippen LogP contribution in [0.3, 0.4) is 0 Å². The van der Waals surface area contributed by atoms with Crippen molar-refractivity contribution in [2.24, 2.45) is 0 Å². The number of carbonyl (C=O) groups excluding carboxylic acids is 1. The zero-order chi connectivity index (χ0) is 20.5. The molecule has 0 saturated heterocycles. The standard InChI is InChI=1S/C21H38N4O3/c1-2-3-4-5-6-7-8-9-10-11-12-13-14-15-16-22-19-18(23-17-26)20(27)25-21(28)24-19/h17H,2-16H2,1H3,(H,23,26)(H3,22,24,25,27,28). The Morgan fingerprint density at radius 3 is 1.75 bits per heavy atom. The molecule has 28 heavy (non-hydrogen) atoms. The van der Waals surface area contributed by atoms with Crippen LogP contribution in [0.2, 0.25) is 0 Å². The van der Waals surface area contributed by atoms with Crippen LogP contribution >= 0.6 is 0 Å². The smallest absolute Gasteiger partial charge is 0.327 e. The lowest BCUT2D eigenvalue weighted by Crippen LogP contribution is -2.27. The van der Waals surface area contributed by atoms with Crippen LogP contribution in [0, 0.1) is 0 Å². The number of hydrogen-bond donors (Lipinski definition) is 4. The molecular weight excluding hydrogens is 356 g/mol. The molecule has 7 heteroatoms. The van der Waals surface area contributed by atoms with Crippen molar-refractivity contribution in [1.82, 2.24) is 9.97 Å². The predicted molar refractivity (Wildman–Crippen MR) is 116 cm³/mol. The van der Waals surface area contributed by atoms with Gasteiger partial charge in [0, 0.05) is 6.54 Å². The average Bonchev–Trinajstić information content (AvgIpc) is 2.67. The van der Waals surface area contributed by atoms with Gasteiger partial charge in [-0.1, -0.05) is 90.4 Å². The van der Waals surface area contributed by atoms with Crippen molar-refractivity contribution < 1.29 is 4.79 Å². The minimum Gasteiger partial charge on any atom is -0.370 e.